The van der Waals surface area contributed by atoms with Crippen molar-refractivity contribution in [1.82, 2.24) is 0 Å². The molecule has 2 nitrogen and oxygen atoms in total. The van der Waals surface area contributed by atoms with Crippen molar-refractivity contribution in [1.29, 1.82) is 0 Å². The van der Waals surface area contributed by atoms with Gasteiger partial charge in [0, 0.05) is 19.2 Å². The first-order valence-corrected chi connectivity index (χ1v) is 4.52. The molecule has 0 spiro atoms. The van der Waals surface area contributed by atoms with Gasteiger partial charge in [-0.3, -0.25) is 4.99 Å². The zero-order valence-corrected chi connectivity index (χ0v) is 7.79. The highest BCUT2D eigenvalue weighted by Gasteiger charge is 2.12. The molecule has 0 unspecified atom stereocenters. The zero-order valence-electron chi connectivity index (χ0n) is 7.79. The summed E-state index contributed by atoms with van der Waals surface area (Å²) in [6.07, 6.45) is 1.06. The van der Waals surface area contributed by atoms with Gasteiger partial charge in [-0.2, -0.15) is 0 Å². The Bertz CT molecular complexity index is 331. The molecular formula is C11H13NO. The molecule has 0 saturated heterocycles. The monoisotopic (exact) mass is 175 g/mol. The van der Waals surface area contributed by atoms with E-state index in [-0.39, 0.29) is 0 Å². The van der Waals surface area contributed by atoms with Gasteiger partial charge in [0.15, 0.2) is 0 Å². The Morgan fingerprint density at radius 3 is 3.08 bits per heavy atom. The third kappa shape index (κ3) is 1.63. The zero-order chi connectivity index (χ0) is 9.10. The lowest BCUT2D eigenvalue weighted by Crippen LogP contribution is -2.17. The molecule has 0 aliphatic carbocycles. The Morgan fingerprint density at radius 2 is 2.23 bits per heavy atom. The van der Waals surface area contributed by atoms with Gasteiger partial charge in [-0.25, -0.2) is 0 Å². The van der Waals surface area contributed by atoms with Gasteiger partial charge >= 0.3 is 0 Å². The van der Waals surface area contributed by atoms with Crippen LogP contribution in [0.2, 0.25) is 0 Å². The molecule has 2 rings (SSSR count). The van der Waals surface area contributed by atoms with Crippen LogP contribution in [0.4, 0.5) is 0 Å². The van der Waals surface area contributed by atoms with E-state index in [1.165, 1.54) is 11.1 Å². The lowest BCUT2D eigenvalue weighted by molar-refractivity contribution is 0.245. The fraction of sp³-hybridized carbons (Fsp3) is 0.364. The molecule has 2 heteroatoms. The average Bonchev–Trinajstić information content (AvgIpc) is 2.19. The molecule has 1 aliphatic heterocycles. The summed E-state index contributed by atoms with van der Waals surface area (Å²) in [5.74, 6) is 0. The van der Waals surface area contributed by atoms with Crippen LogP contribution >= 0.6 is 0 Å². The smallest absolute Gasteiger partial charge is 0.0885 e. The van der Waals surface area contributed by atoms with Crippen LogP contribution in [0, 0.1) is 0 Å². The highest BCUT2D eigenvalue weighted by Crippen LogP contribution is 2.15. The van der Waals surface area contributed by atoms with Crippen LogP contribution in [0.5, 0.6) is 0 Å². The number of hydrogen-bond acceptors (Lipinski definition) is 2. The largest absolute Gasteiger partial charge is 0.378 e. The number of fused-ring (bicyclic) bond motifs is 1. The average molecular weight is 175 g/mol. The van der Waals surface area contributed by atoms with Crippen LogP contribution in [0.15, 0.2) is 29.3 Å². The van der Waals surface area contributed by atoms with Crippen molar-refractivity contribution in [2.45, 2.75) is 6.42 Å². The number of hydrogen-bond donors (Lipinski definition) is 0. The quantitative estimate of drug-likeness (QED) is 0.670. The van der Waals surface area contributed by atoms with E-state index in [0.717, 1.165) is 18.7 Å². The lowest BCUT2D eigenvalue weighted by Gasteiger charge is -2.15. The van der Waals surface area contributed by atoms with Crippen LogP contribution in [-0.4, -0.2) is 26.0 Å². The summed E-state index contributed by atoms with van der Waals surface area (Å²) in [5, 5.41) is 0. The molecule has 0 atom stereocenters. The number of ether oxygens (including phenoxy) is 1. The summed E-state index contributed by atoms with van der Waals surface area (Å²) in [4.78, 5) is 4.45. The van der Waals surface area contributed by atoms with Gasteiger partial charge in [0.1, 0.15) is 0 Å². The van der Waals surface area contributed by atoms with E-state index in [9.17, 15) is 0 Å². The number of aliphatic imine (C=N–C) groups is 1. The Morgan fingerprint density at radius 1 is 1.38 bits per heavy atom. The predicted molar refractivity (Wildman–Crippen MR) is 53.4 cm³/mol. The SMILES string of the molecule is COCC1=NCCc2ccccc21. The molecule has 0 amide bonds. The molecule has 1 aliphatic rings. The number of nitrogens with zero attached hydrogens (tertiary/aromatic N) is 1. The predicted octanol–water partition coefficient (Wildman–Crippen LogP) is 1.68. The molecule has 1 aromatic carbocycles. The highest BCUT2D eigenvalue weighted by molar-refractivity contribution is 6.03. The molecule has 0 fully saturated rings. The lowest BCUT2D eigenvalue weighted by atomic mass is 9.98. The van der Waals surface area contributed by atoms with E-state index < -0.39 is 0 Å². The number of methoxy groups -OCH3 is 1. The van der Waals surface area contributed by atoms with Gasteiger partial charge in [-0.1, -0.05) is 24.3 Å². The van der Waals surface area contributed by atoms with E-state index in [1.54, 1.807) is 7.11 Å². The van der Waals surface area contributed by atoms with Crippen molar-refractivity contribution in [2.24, 2.45) is 4.99 Å². The summed E-state index contributed by atoms with van der Waals surface area (Å²) in [7, 11) is 1.71. The maximum atomic E-state index is 5.11. The Kier molecular flexibility index (Phi) is 2.41. The molecule has 0 N–H and O–H groups in total. The second-order valence-corrected chi connectivity index (χ2v) is 3.17. The molecule has 0 radical (unpaired) electrons. The Labute approximate surface area is 78.3 Å². The minimum Gasteiger partial charge on any atom is -0.378 e. The third-order valence-electron chi connectivity index (χ3n) is 2.29. The molecule has 13 heavy (non-hydrogen) atoms. The number of benzene rings is 1. The maximum absolute atomic E-state index is 5.11. The van der Waals surface area contributed by atoms with Gasteiger partial charge in [-0.15, -0.1) is 0 Å². The molecule has 1 heterocycles. The fourth-order valence-corrected chi connectivity index (χ4v) is 1.68. The van der Waals surface area contributed by atoms with Crippen molar-refractivity contribution in [2.75, 3.05) is 20.3 Å². The first kappa shape index (κ1) is 8.45. The second kappa shape index (κ2) is 3.71. The summed E-state index contributed by atoms with van der Waals surface area (Å²) in [6.45, 7) is 1.52. The standard InChI is InChI=1S/C11H13NO/c1-13-8-11-10-5-3-2-4-9(10)6-7-12-11/h2-5H,6-8H2,1H3. The van der Waals surface area contributed by atoms with E-state index in [4.69, 9.17) is 4.74 Å². The Balaban J connectivity index is 2.36. The molecule has 1 aromatic rings. The van der Waals surface area contributed by atoms with Crippen LogP contribution in [-0.2, 0) is 11.2 Å². The van der Waals surface area contributed by atoms with Gasteiger partial charge < -0.3 is 4.74 Å². The molecular weight excluding hydrogens is 162 g/mol. The molecule has 0 saturated carbocycles. The van der Waals surface area contributed by atoms with E-state index in [1.807, 2.05) is 0 Å². The number of rotatable bonds is 2. The summed E-state index contributed by atoms with van der Waals surface area (Å²) >= 11 is 0. The second-order valence-electron chi connectivity index (χ2n) is 3.17. The van der Waals surface area contributed by atoms with Gasteiger partial charge in [-0.05, 0) is 12.0 Å². The normalized spacial score (nSPS) is 15.0. The molecule has 68 valence electrons. The van der Waals surface area contributed by atoms with Crippen molar-refractivity contribution in [3.05, 3.63) is 35.4 Å². The van der Waals surface area contributed by atoms with Crippen LogP contribution < -0.4 is 0 Å². The first-order valence-electron chi connectivity index (χ1n) is 4.52. The van der Waals surface area contributed by atoms with E-state index >= 15 is 0 Å². The summed E-state index contributed by atoms with van der Waals surface area (Å²) in [6, 6.07) is 8.41. The van der Waals surface area contributed by atoms with E-state index in [0.29, 0.717) is 6.61 Å². The fourth-order valence-electron chi connectivity index (χ4n) is 1.68. The first-order chi connectivity index (χ1) is 6.42. The minimum atomic E-state index is 0.622. The van der Waals surface area contributed by atoms with Crippen molar-refractivity contribution < 1.29 is 4.74 Å². The maximum Gasteiger partial charge on any atom is 0.0885 e. The third-order valence-corrected chi connectivity index (χ3v) is 2.29. The van der Waals surface area contributed by atoms with Gasteiger partial charge in [0.25, 0.3) is 0 Å². The minimum absolute atomic E-state index is 0.622. The Hall–Kier alpha value is -1.15. The van der Waals surface area contributed by atoms with Gasteiger partial charge in [0.2, 0.25) is 0 Å². The summed E-state index contributed by atoms with van der Waals surface area (Å²) in [5.41, 5.74) is 3.74. The van der Waals surface area contributed by atoms with Crippen LogP contribution in [0.25, 0.3) is 0 Å². The molecule has 0 bridgehead atoms. The van der Waals surface area contributed by atoms with Crippen molar-refractivity contribution in [3.63, 3.8) is 0 Å². The molecule has 0 aromatic heterocycles. The van der Waals surface area contributed by atoms with Crippen molar-refractivity contribution >= 4 is 5.71 Å². The highest BCUT2D eigenvalue weighted by atomic mass is 16.5. The van der Waals surface area contributed by atoms with Crippen LogP contribution in [0.3, 0.4) is 0 Å². The van der Waals surface area contributed by atoms with E-state index in [2.05, 4.69) is 29.3 Å². The topological polar surface area (TPSA) is 21.6 Å². The van der Waals surface area contributed by atoms with Crippen LogP contribution in [0.1, 0.15) is 11.1 Å². The summed E-state index contributed by atoms with van der Waals surface area (Å²) < 4.78 is 5.11. The van der Waals surface area contributed by atoms with Crippen molar-refractivity contribution in [3.8, 4) is 0 Å². The van der Waals surface area contributed by atoms with Gasteiger partial charge in [0.05, 0.1) is 12.3 Å².